The summed E-state index contributed by atoms with van der Waals surface area (Å²) in [4.78, 5) is 2.05. The van der Waals surface area contributed by atoms with Crippen LogP contribution in [0.2, 0.25) is 0 Å². The first-order valence-corrected chi connectivity index (χ1v) is 4.31. The van der Waals surface area contributed by atoms with Crippen molar-refractivity contribution < 1.29 is 0 Å². The van der Waals surface area contributed by atoms with Gasteiger partial charge in [-0.3, -0.25) is 5.41 Å². The van der Waals surface area contributed by atoms with E-state index in [1.54, 1.807) is 0 Å². The second-order valence-electron chi connectivity index (χ2n) is 3.46. The van der Waals surface area contributed by atoms with E-state index in [0.717, 1.165) is 17.8 Å². The van der Waals surface area contributed by atoms with Crippen molar-refractivity contribution in [1.82, 2.24) is 5.32 Å². The number of amidine groups is 1. The van der Waals surface area contributed by atoms with Crippen molar-refractivity contribution in [3.63, 3.8) is 0 Å². The molecule has 13 heavy (non-hydrogen) atoms. The van der Waals surface area contributed by atoms with Crippen LogP contribution < -0.4 is 10.2 Å². The Morgan fingerprint density at radius 1 is 1.38 bits per heavy atom. The quantitative estimate of drug-likeness (QED) is 0.672. The SMILES string of the molecule is CN(C)c1ccc2c(c1)C(=N)NC2. The van der Waals surface area contributed by atoms with Crippen LogP contribution in [0.5, 0.6) is 0 Å². The van der Waals surface area contributed by atoms with Crippen LogP contribution in [0, 0.1) is 5.41 Å². The number of fused-ring (bicyclic) bond motifs is 1. The van der Waals surface area contributed by atoms with E-state index in [0.29, 0.717) is 5.84 Å². The molecule has 0 aromatic heterocycles. The molecule has 0 spiro atoms. The molecule has 0 bridgehead atoms. The summed E-state index contributed by atoms with van der Waals surface area (Å²) in [5.41, 5.74) is 3.40. The molecule has 1 aliphatic heterocycles. The number of anilines is 1. The third-order valence-corrected chi connectivity index (χ3v) is 2.33. The molecule has 0 radical (unpaired) electrons. The van der Waals surface area contributed by atoms with Gasteiger partial charge in [-0.15, -0.1) is 0 Å². The van der Waals surface area contributed by atoms with Crippen molar-refractivity contribution in [2.75, 3.05) is 19.0 Å². The predicted molar refractivity (Wildman–Crippen MR) is 54.4 cm³/mol. The summed E-state index contributed by atoms with van der Waals surface area (Å²) in [7, 11) is 4.02. The molecule has 1 heterocycles. The molecule has 1 aliphatic rings. The first kappa shape index (κ1) is 8.10. The monoisotopic (exact) mass is 175 g/mol. The summed E-state index contributed by atoms with van der Waals surface area (Å²) < 4.78 is 0. The average molecular weight is 175 g/mol. The third kappa shape index (κ3) is 1.26. The Morgan fingerprint density at radius 3 is 2.85 bits per heavy atom. The highest BCUT2D eigenvalue weighted by molar-refractivity contribution is 6.01. The van der Waals surface area contributed by atoms with Gasteiger partial charge in [-0.25, -0.2) is 0 Å². The Balaban J connectivity index is 2.48. The molecular formula is C10H13N3. The van der Waals surface area contributed by atoms with Gasteiger partial charge in [-0.1, -0.05) is 6.07 Å². The number of hydrogen-bond acceptors (Lipinski definition) is 2. The van der Waals surface area contributed by atoms with Gasteiger partial charge in [0.25, 0.3) is 0 Å². The molecule has 0 fully saturated rings. The molecule has 0 aliphatic carbocycles. The fourth-order valence-electron chi connectivity index (χ4n) is 1.51. The molecule has 1 aromatic rings. The second-order valence-corrected chi connectivity index (χ2v) is 3.46. The zero-order valence-corrected chi connectivity index (χ0v) is 7.89. The van der Waals surface area contributed by atoms with Crippen LogP contribution in [0.1, 0.15) is 11.1 Å². The average Bonchev–Trinajstić information content (AvgIpc) is 2.47. The first-order chi connectivity index (χ1) is 6.18. The van der Waals surface area contributed by atoms with Crippen LogP contribution in [0.3, 0.4) is 0 Å². The van der Waals surface area contributed by atoms with Crippen molar-refractivity contribution in [2.45, 2.75) is 6.54 Å². The zero-order chi connectivity index (χ0) is 9.42. The maximum atomic E-state index is 7.64. The Hall–Kier alpha value is -1.51. The van der Waals surface area contributed by atoms with Crippen LogP contribution in [-0.2, 0) is 6.54 Å². The summed E-state index contributed by atoms with van der Waals surface area (Å²) in [5, 5.41) is 10.7. The summed E-state index contributed by atoms with van der Waals surface area (Å²) in [6, 6.07) is 6.22. The maximum absolute atomic E-state index is 7.64. The van der Waals surface area contributed by atoms with Crippen molar-refractivity contribution in [2.24, 2.45) is 0 Å². The minimum atomic E-state index is 0.540. The Morgan fingerprint density at radius 2 is 2.15 bits per heavy atom. The maximum Gasteiger partial charge on any atom is 0.126 e. The van der Waals surface area contributed by atoms with Gasteiger partial charge < -0.3 is 10.2 Å². The molecule has 2 N–H and O–H groups in total. The normalized spacial score (nSPS) is 13.8. The van der Waals surface area contributed by atoms with Crippen molar-refractivity contribution in [3.8, 4) is 0 Å². The van der Waals surface area contributed by atoms with Gasteiger partial charge in [0.05, 0.1) is 0 Å². The van der Waals surface area contributed by atoms with Gasteiger partial charge in [0.1, 0.15) is 5.84 Å². The Labute approximate surface area is 77.9 Å². The fourth-order valence-corrected chi connectivity index (χ4v) is 1.51. The summed E-state index contributed by atoms with van der Waals surface area (Å²) in [6.45, 7) is 0.794. The van der Waals surface area contributed by atoms with E-state index >= 15 is 0 Å². The lowest BCUT2D eigenvalue weighted by Gasteiger charge is -2.13. The Kier molecular flexibility index (Phi) is 1.72. The molecule has 3 heteroatoms. The number of rotatable bonds is 1. The lowest BCUT2D eigenvalue weighted by atomic mass is 10.1. The van der Waals surface area contributed by atoms with Crippen LogP contribution in [0.4, 0.5) is 5.69 Å². The van der Waals surface area contributed by atoms with Crippen molar-refractivity contribution in [3.05, 3.63) is 29.3 Å². The van der Waals surface area contributed by atoms with E-state index in [9.17, 15) is 0 Å². The highest BCUT2D eigenvalue weighted by Gasteiger charge is 2.15. The number of benzene rings is 1. The minimum absolute atomic E-state index is 0.540. The van der Waals surface area contributed by atoms with Gasteiger partial charge in [-0.2, -0.15) is 0 Å². The van der Waals surface area contributed by atoms with E-state index in [1.165, 1.54) is 5.56 Å². The van der Waals surface area contributed by atoms with Crippen LogP contribution >= 0.6 is 0 Å². The van der Waals surface area contributed by atoms with Crippen LogP contribution in [-0.4, -0.2) is 19.9 Å². The van der Waals surface area contributed by atoms with Crippen LogP contribution in [0.25, 0.3) is 0 Å². The third-order valence-electron chi connectivity index (χ3n) is 2.33. The molecular weight excluding hydrogens is 162 g/mol. The molecule has 0 saturated heterocycles. The molecule has 0 atom stereocenters. The second kappa shape index (κ2) is 2.76. The standard InChI is InChI=1S/C10H13N3/c1-13(2)8-4-3-7-6-12-10(11)9(7)5-8/h3-5H,6H2,1-2H3,(H2,11,12). The smallest absolute Gasteiger partial charge is 0.126 e. The predicted octanol–water partition coefficient (Wildman–Crippen LogP) is 1.18. The van der Waals surface area contributed by atoms with Crippen molar-refractivity contribution in [1.29, 1.82) is 5.41 Å². The summed E-state index contributed by atoms with van der Waals surface area (Å²) >= 11 is 0. The largest absolute Gasteiger partial charge is 0.378 e. The molecule has 2 rings (SSSR count). The molecule has 68 valence electrons. The number of nitrogens with zero attached hydrogens (tertiary/aromatic N) is 1. The molecule has 3 nitrogen and oxygen atoms in total. The van der Waals surface area contributed by atoms with Crippen molar-refractivity contribution >= 4 is 11.5 Å². The fraction of sp³-hybridized carbons (Fsp3) is 0.300. The van der Waals surface area contributed by atoms with E-state index in [1.807, 2.05) is 19.0 Å². The van der Waals surface area contributed by atoms with E-state index in [-0.39, 0.29) is 0 Å². The first-order valence-electron chi connectivity index (χ1n) is 4.31. The Bertz CT molecular complexity index is 355. The van der Waals surface area contributed by atoms with Gasteiger partial charge in [-0.05, 0) is 17.7 Å². The molecule has 0 amide bonds. The molecule has 1 aromatic carbocycles. The van der Waals surface area contributed by atoms with Gasteiger partial charge in [0, 0.05) is 31.9 Å². The summed E-state index contributed by atoms with van der Waals surface area (Å²) in [5.74, 6) is 0.540. The van der Waals surface area contributed by atoms with E-state index in [2.05, 4.69) is 23.5 Å². The van der Waals surface area contributed by atoms with Crippen LogP contribution in [0.15, 0.2) is 18.2 Å². The molecule has 0 unspecified atom stereocenters. The number of hydrogen-bond donors (Lipinski definition) is 2. The lowest BCUT2D eigenvalue weighted by molar-refractivity contribution is 0.957. The molecule has 0 saturated carbocycles. The van der Waals surface area contributed by atoms with Gasteiger partial charge in [0.2, 0.25) is 0 Å². The number of nitrogens with one attached hydrogen (secondary N) is 2. The lowest BCUT2D eigenvalue weighted by Crippen LogP contribution is -2.13. The summed E-state index contributed by atoms with van der Waals surface area (Å²) in [6.07, 6.45) is 0. The minimum Gasteiger partial charge on any atom is -0.378 e. The highest BCUT2D eigenvalue weighted by atomic mass is 15.1. The zero-order valence-electron chi connectivity index (χ0n) is 7.89. The van der Waals surface area contributed by atoms with E-state index < -0.39 is 0 Å². The van der Waals surface area contributed by atoms with E-state index in [4.69, 9.17) is 5.41 Å². The topological polar surface area (TPSA) is 39.1 Å². The van der Waals surface area contributed by atoms with Gasteiger partial charge in [0.15, 0.2) is 0 Å². The highest BCUT2D eigenvalue weighted by Crippen LogP contribution is 2.21. The van der Waals surface area contributed by atoms with Gasteiger partial charge >= 0.3 is 0 Å².